The van der Waals surface area contributed by atoms with Crippen molar-refractivity contribution < 1.29 is 9.84 Å². The van der Waals surface area contributed by atoms with Crippen molar-refractivity contribution in [3.05, 3.63) is 47.7 Å². The molecule has 0 radical (unpaired) electrons. The lowest BCUT2D eigenvalue weighted by atomic mass is 10.1. The number of aromatic nitrogens is 2. The van der Waals surface area contributed by atoms with Gasteiger partial charge < -0.3 is 14.8 Å². The van der Waals surface area contributed by atoms with Crippen LogP contribution in [0.25, 0.3) is 22.2 Å². The minimum absolute atomic E-state index is 0. The van der Waals surface area contributed by atoms with E-state index in [0.29, 0.717) is 16.8 Å². The molecule has 7 heteroatoms. The number of hydrogen-bond acceptors (Lipinski definition) is 5. The molecular formula is C19H19ClN4O2. The second kappa shape index (κ2) is 7.75. The molecule has 0 spiro atoms. The lowest BCUT2D eigenvalue weighted by Gasteiger charge is -2.26. The summed E-state index contributed by atoms with van der Waals surface area (Å²) in [5.74, 6) is 0.0681. The van der Waals surface area contributed by atoms with Gasteiger partial charge in [0.15, 0.2) is 5.88 Å². The first-order valence-electron chi connectivity index (χ1n) is 8.25. The second-order valence-corrected chi connectivity index (χ2v) is 6.16. The van der Waals surface area contributed by atoms with Gasteiger partial charge in [-0.1, -0.05) is 12.1 Å². The van der Waals surface area contributed by atoms with Crippen LogP contribution in [0.15, 0.2) is 36.5 Å². The van der Waals surface area contributed by atoms with E-state index in [9.17, 15) is 5.11 Å². The molecule has 0 bridgehead atoms. The van der Waals surface area contributed by atoms with Gasteiger partial charge in [0, 0.05) is 31.2 Å². The molecule has 1 aliphatic heterocycles. The number of morpholine rings is 1. The van der Waals surface area contributed by atoms with Crippen molar-refractivity contribution in [2.75, 3.05) is 26.3 Å². The van der Waals surface area contributed by atoms with Gasteiger partial charge in [-0.25, -0.2) is 0 Å². The van der Waals surface area contributed by atoms with Crippen molar-refractivity contribution in [3.63, 3.8) is 0 Å². The molecule has 4 rings (SSSR count). The number of nitrogens with zero attached hydrogens (tertiary/aromatic N) is 3. The molecule has 3 aromatic rings. The highest BCUT2D eigenvalue weighted by atomic mass is 35.5. The lowest BCUT2D eigenvalue weighted by molar-refractivity contribution is 0.0341. The zero-order valence-corrected chi connectivity index (χ0v) is 14.9. The Morgan fingerprint density at radius 2 is 2.04 bits per heavy atom. The van der Waals surface area contributed by atoms with E-state index in [4.69, 9.17) is 10.00 Å². The topological polar surface area (TPSA) is 85.2 Å². The number of aromatic amines is 1. The van der Waals surface area contributed by atoms with Crippen molar-refractivity contribution in [3.8, 4) is 23.2 Å². The summed E-state index contributed by atoms with van der Waals surface area (Å²) in [6.45, 7) is 4.28. The molecule has 1 aromatic carbocycles. The third-order valence-electron chi connectivity index (χ3n) is 4.50. The van der Waals surface area contributed by atoms with Crippen molar-refractivity contribution in [2.45, 2.75) is 6.54 Å². The third-order valence-corrected chi connectivity index (χ3v) is 4.50. The predicted molar refractivity (Wildman–Crippen MR) is 101 cm³/mol. The largest absolute Gasteiger partial charge is 0.494 e. The van der Waals surface area contributed by atoms with Crippen LogP contribution in [-0.2, 0) is 11.3 Å². The Balaban J connectivity index is 0.00000196. The molecule has 0 aliphatic carbocycles. The molecule has 1 aliphatic rings. The van der Waals surface area contributed by atoms with Crippen molar-refractivity contribution >= 4 is 23.3 Å². The van der Waals surface area contributed by atoms with E-state index < -0.39 is 0 Å². The van der Waals surface area contributed by atoms with Crippen LogP contribution in [0.1, 0.15) is 11.1 Å². The maximum atomic E-state index is 10.3. The maximum absolute atomic E-state index is 10.3. The number of hydrogen-bond donors (Lipinski definition) is 2. The van der Waals surface area contributed by atoms with Crippen LogP contribution >= 0.6 is 12.4 Å². The number of H-pyrrole nitrogens is 1. The van der Waals surface area contributed by atoms with Crippen LogP contribution in [0.3, 0.4) is 0 Å². The smallest absolute Gasteiger partial charge is 0.199 e. The van der Waals surface area contributed by atoms with Crippen molar-refractivity contribution in [1.82, 2.24) is 14.9 Å². The molecule has 134 valence electrons. The van der Waals surface area contributed by atoms with E-state index in [1.165, 1.54) is 0 Å². The molecule has 2 aromatic heterocycles. The van der Waals surface area contributed by atoms with Crippen LogP contribution in [0.4, 0.5) is 0 Å². The predicted octanol–water partition coefficient (Wildman–Crippen LogP) is 3.06. The highest BCUT2D eigenvalue weighted by Gasteiger charge is 2.15. The molecule has 0 amide bonds. The monoisotopic (exact) mass is 370 g/mol. The van der Waals surface area contributed by atoms with Gasteiger partial charge in [0.1, 0.15) is 0 Å². The Morgan fingerprint density at radius 3 is 2.73 bits per heavy atom. The third kappa shape index (κ3) is 3.51. The average molecular weight is 371 g/mol. The van der Waals surface area contributed by atoms with Gasteiger partial charge in [0.25, 0.3) is 0 Å². The van der Waals surface area contributed by atoms with E-state index in [1.54, 1.807) is 12.1 Å². The van der Waals surface area contributed by atoms with E-state index in [0.717, 1.165) is 49.3 Å². The molecule has 26 heavy (non-hydrogen) atoms. The first-order valence-corrected chi connectivity index (χ1v) is 8.25. The van der Waals surface area contributed by atoms with Gasteiger partial charge in [-0.05, 0) is 23.8 Å². The lowest BCUT2D eigenvalue weighted by Crippen LogP contribution is -2.35. The molecule has 6 nitrogen and oxygen atoms in total. The molecule has 1 saturated heterocycles. The summed E-state index contributed by atoms with van der Waals surface area (Å²) in [7, 11) is 0. The minimum Gasteiger partial charge on any atom is -0.494 e. The normalized spacial score (nSPS) is 14.7. The summed E-state index contributed by atoms with van der Waals surface area (Å²) in [5, 5.41) is 20.1. The summed E-state index contributed by atoms with van der Waals surface area (Å²) in [6.07, 6.45) is 1.85. The van der Waals surface area contributed by atoms with E-state index in [1.807, 2.05) is 24.4 Å². The molecule has 3 heterocycles. The Morgan fingerprint density at radius 1 is 1.23 bits per heavy atom. The first-order chi connectivity index (χ1) is 12.2. The van der Waals surface area contributed by atoms with Gasteiger partial charge in [-0.2, -0.15) is 5.26 Å². The highest BCUT2D eigenvalue weighted by molar-refractivity contribution is 5.98. The molecule has 0 unspecified atom stereocenters. The number of aromatic hydroxyl groups is 1. The highest BCUT2D eigenvalue weighted by Crippen LogP contribution is 2.35. The fraction of sp³-hybridized carbons (Fsp3) is 0.263. The Bertz CT molecular complexity index is 941. The molecule has 0 atom stereocenters. The molecular weight excluding hydrogens is 352 g/mol. The summed E-state index contributed by atoms with van der Waals surface area (Å²) in [5.41, 5.74) is 3.79. The second-order valence-electron chi connectivity index (χ2n) is 6.16. The summed E-state index contributed by atoms with van der Waals surface area (Å²) < 4.78 is 5.37. The van der Waals surface area contributed by atoms with E-state index >= 15 is 0 Å². The number of nitrogens with one attached hydrogen (secondary N) is 1. The number of halogens is 1. The van der Waals surface area contributed by atoms with E-state index in [-0.39, 0.29) is 18.3 Å². The van der Waals surface area contributed by atoms with Crippen LogP contribution in [0, 0.1) is 11.3 Å². The van der Waals surface area contributed by atoms with Crippen LogP contribution in [0.5, 0.6) is 5.88 Å². The zero-order chi connectivity index (χ0) is 17.2. The van der Waals surface area contributed by atoms with Gasteiger partial charge in [0.2, 0.25) is 0 Å². The number of benzene rings is 1. The average Bonchev–Trinajstić information content (AvgIpc) is 2.98. The maximum Gasteiger partial charge on any atom is 0.199 e. The standard InChI is InChI=1S/C19H18N4O2.ClH/c20-10-13-1-3-15-17(9-13)22-19(24)18(15)16-4-2-14(11-21-16)12-23-5-7-25-8-6-23;/h1-4,9,11,22,24H,5-8,12H2;1H. The number of pyridine rings is 1. The van der Waals surface area contributed by atoms with Crippen LogP contribution in [0.2, 0.25) is 0 Å². The summed E-state index contributed by atoms with van der Waals surface area (Å²) in [6, 6.07) is 11.4. The number of nitriles is 1. The Kier molecular flexibility index (Phi) is 5.43. The minimum atomic E-state index is 0. The summed E-state index contributed by atoms with van der Waals surface area (Å²) >= 11 is 0. The Hall–Kier alpha value is -2.59. The molecule has 0 saturated carbocycles. The number of rotatable bonds is 3. The molecule has 1 fully saturated rings. The van der Waals surface area contributed by atoms with Gasteiger partial charge in [-0.15, -0.1) is 12.4 Å². The molecule has 2 N–H and O–H groups in total. The van der Waals surface area contributed by atoms with Gasteiger partial charge in [0.05, 0.1) is 41.6 Å². The number of fused-ring (bicyclic) bond motifs is 1. The van der Waals surface area contributed by atoms with Crippen molar-refractivity contribution in [1.29, 1.82) is 5.26 Å². The van der Waals surface area contributed by atoms with Crippen molar-refractivity contribution in [2.24, 2.45) is 0 Å². The quantitative estimate of drug-likeness (QED) is 0.740. The number of ether oxygens (including phenoxy) is 1. The van der Waals surface area contributed by atoms with Crippen LogP contribution in [-0.4, -0.2) is 46.3 Å². The fourth-order valence-electron chi connectivity index (χ4n) is 3.20. The van der Waals surface area contributed by atoms with Gasteiger partial charge >= 0.3 is 0 Å². The van der Waals surface area contributed by atoms with E-state index in [2.05, 4.69) is 20.9 Å². The van der Waals surface area contributed by atoms with Gasteiger partial charge in [-0.3, -0.25) is 9.88 Å². The zero-order valence-electron chi connectivity index (χ0n) is 14.1. The Labute approximate surface area is 157 Å². The fourth-order valence-corrected chi connectivity index (χ4v) is 3.20. The summed E-state index contributed by atoms with van der Waals surface area (Å²) in [4.78, 5) is 9.80. The first kappa shape index (κ1) is 18.2. The SMILES string of the molecule is Cl.N#Cc1ccc2c(-c3ccc(CN4CCOCC4)cn3)c(O)[nH]c2c1. The van der Waals surface area contributed by atoms with Crippen LogP contribution < -0.4 is 0 Å².